The molecule has 0 bridgehead atoms. The summed E-state index contributed by atoms with van der Waals surface area (Å²) in [6.07, 6.45) is -3.92. The summed E-state index contributed by atoms with van der Waals surface area (Å²) in [5.74, 6) is 1.27. The highest BCUT2D eigenvalue weighted by Crippen LogP contribution is 2.35. The molecule has 126 valence electrons. The molecule has 0 unspecified atom stereocenters. The van der Waals surface area contributed by atoms with E-state index in [1.54, 1.807) is 13.2 Å². The average Bonchev–Trinajstić information content (AvgIpc) is 2.54. The van der Waals surface area contributed by atoms with Gasteiger partial charge in [0.1, 0.15) is 16.8 Å². The van der Waals surface area contributed by atoms with Crippen LogP contribution >= 0.6 is 11.8 Å². The van der Waals surface area contributed by atoms with Gasteiger partial charge in [-0.3, -0.25) is 0 Å². The summed E-state index contributed by atoms with van der Waals surface area (Å²) in [6, 6.07) is 10.0. The van der Waals surface area contributed by atoms with Crippen molar-refractivity contribution in [1.29, 1.82) is 5.26 Å². The number of halogens is 3. The van der Waals surface area contributed by atoms with Crippen molar-refractivity contribution in [2.45, 2.75) is 24.5 Å². The summed E-state index contributed by atoms with van der Waals surface area (Å²) in [4.78, 5) is 4.10. The Bertz CT molecular complexity index is 752. The van der Waals surface area contributed by atoms with Gasteiger partial charge in [0.05, 0.1) is 18.2 Å². The highest BCUT2D eigenvalue weighted by Gasteiger charge is 2.35. The summed E-state index contributed by atoms with van der Waals surface area (Å²) in [6.45, 7) is 1.49. The van der Waals surface area contributed by atoms with Crippen LogP contribution in [0.25, 0.3) is 0 Å². The number of benzene rings is 1. The number of aromatic nitrogens is 1. The zero-order valence-electron chi connectivity index (χ0n) is 13.1. The van der Waals surface area contributed by atoms with Gasteiger partial charge in [0.2, 0.25) is 0 Å². The Labute approximate surface area is 142 Å². The molecule has 1 heterocycles. The van der Waals surface area contributed by atoms with Crippen LogP contribution in [0.4, 0.5) is 13.2 Å². The lowest BCUT2D eigenvalue weighted by Crippen LogP contribution is -2.10. The number of aryl methyl sites for hydroxylation is 2. The Balaban J connectivity index is 2.14. The van der Waals surface area contributed by atoms with Crippen LogP contribution in [-0.2, 0) is 12.6 Å². The first kappa shape index (κ1) is 18.1. The van der Waals surface area contributed by atoms with Gasteiger partial charge in [0, 0.05) is 11.4 Å². The number of rotatable bonds is 5. The van der Waals surface area contributed by atoms with Crippen molar-refractivity contribution in [1.82, 2.24) is 4.98 Å². The lowest BCUT2D eigenvalue weighted by molar-refractivity contribution is -0.138. The van der Waals surface area contributed by atoms with E-state index in [9.17, 15) is 13.2 Å². The fourth-order valence-electron chi connectivity index (χ4n) is 2.14. The molecule has 2 rings (SSSR count). The van der Waals surface area contributed by atoms with Gasteiger partial charge < -0.3 is 4.74 Å². The van der Waals surface area contributed by atoms with Gasteiger partial charge in [-0.2, -0.15) is 18.4 Å². The molecule has 7 heteroatoms. The molecule has 1 aromatic heterocycles. The number of hydrogen-bond donors (Lipinski definition) is 0. The molecule has 24 heavy (non-hydrogen) atoms. The molecule has 1 aromatic carbocycles. The summed E-state index contributed by atoms with van der Waals surface area (Å²) < 4.78 is 44.2. The molecule has 0 amide bonds. The Morgan fingerprint density at radius 2 is 1.92 bits per heavy atom. The van der Waals surface area contributed by atoms with Gasteiger partial charge >= 0.3 is 6.18 Å². The zero-order chi connectivity index (χ0) is 17.7. The molecule has 0 fully saturated rings. The van der Waals surface area contributed by atoms with E-state index in [1.165, 1.54) is 6.92 Å². The maximum Gasteiger partial charge on any atom is 0.417 e. The van der Waals surface area contributed by atoms with E-state index < -0.39 is 17.3 Å². The van der Waals surface area contributed by atoms with E-state index in [0.717, 1.165) is 29.1 Å². The fraction of sp³-hybridized carbons (Fsp3) is 0.294. The van der Waals surface area contributed by atoms with E-state index >= 15 is 0 Å². The van der Waals surface area contributed by atoms with Crippen LogP contribution in [0.2, 0.25) is 0 Å². The standard InChI is InChI=1S/C17H15F3N2OS/c1-11-9-15(17(18,19)20)14(10-21)16(22-11)24-8-7-12-3-5-13(23-2)6-4-12/h3-6,9H,7-8H2,1-2H3. The molecule has 0 saturated heterocycles. The summed E-state index contributed by atoms with van der Waals surface area (Å²) in [5, 5.41) is 9.23. The molecular weight excluding hydrogens is 337 g/mol. The fourth-order valence-corrected chi connectivity index (χ4v) is 3.18. The van der Waals surface area contributed by atoms with Gasteiger partial charge in [0.25, 0.3) is 0 Å². The normalized spacial score (nSPS) is 11.2. The van der Waals surface area contributed by atoms with Crippen molar-refractivity contribution in [2.75, 3.05) is 12.9 Å². The average molecular weight is 352 g/mol. The van der Waals surface area contributed by atoms with E-state index in [0.29, 0.717) is 12.2 Å². The number of thioether (sulfide) groups is 1. The molecule has 2 aromatic rings. The van der Waals surface area contributed by atoms with Gasteiger partial charge in [-0.15, -0.1) is 11.8 Å². The Morgan fingerprint density at radius 3 is 2.46 bits per heavy atom. The number of alkyl halides is 3. The van der Waals surface area contributed by atoms with Crippen LogP contribution in [0.5, 0.6) is 5.75 Å². The first-order valence-electron chi connectivity index (χ1n) is 7.10. The lowest BCUT2D eigenvalue weighted by Gasteiger charge is -2.12. The lowest BCUT2D eigenvalue weighted by atomic mass is 10.1. The van der Waals surface area contributed by atoms with Crippen LogP contribution in [0, 0.1) is 18.3 Å². The van der Waals surface area contributed by atoms with Crippen LogP contribution in [0.3, 0.4) is 0 Å². The maximum atomic E-state index is 13.1. The van der Waals surface area contributed by atoms with E-state index in [4.69, 9.17) is 10.00 Å². The third kappa shape index (κ3) is 4.42. The molecule has 0 N–H and O–H groups in total. The number of ether oxygens (including phenoxy) is 1. The van der Waals surface area contributed by atoms with Crippen LogP contribution in [-0.4, -0.2) is 17.8 Å². The molecule has 3 nitrogen and oxygen atoms in total. The predicted molar refractivity (Wildman–Crippen MR) is 86.1 cm³/mol. The van der Waals surface area contributed by atoms with Gasteiger partial charge in [-0.25, -0.2) is 4.98 Å². The van der Waals surface area contributed by atoms with Crippen LogP contribution < -0.4 is 4.74 Å². The Kier molecular flexibility index (Phi) is 5.73. The topological polar surface area (TPSA) is 45.9 Å². The minimum atomic E-state index is -4.57. The van der Waals surface area contributed by atoms with Crippen molar-refractivity contribution >= 4 is 11.8 Å². The van der Waals surface area contributed by atoms with Crippen LogP contribution in [0.15, 0.2) is 35.4 Å². The second-order valence-corrected chi connectivity index (χ2v) is 6.13. The number of pyridine rings is 1. The van der Waals surface area contributed by atoms with E-state index in [2.05, 4.69) is 4.98 Å². The predicted octanol–water partition coefficient (Wildman–Crippen LogP) is 4.62. The van der Waals surface area contributed by atoms with Crippen molar-refractivity contribution < 1.29 is 17.9 Å². The second kappa shape index (κ2) is 7.58. The van der Waals surface area contributed by atoms with E-state index in [1.807, 2.05) is 24.3 Å². The smallest absolute Gasteiger partial charge is 0.417 e. The summed E-state index contributed by atoms with van der Waals surface area (Å²) in [7, 11) is 1.58. The molecule has 0 aliphatic rings. The van der Waals surface area contributed by atoms with Crippen molar-refractivity contribution in [3.63, 3.8) is 0 Å². The Morgan fingerprint density at radius 1 is 1.25 bits per heavy atom. The molecule has 0 aliphatic heterocycles. The highest BCUT2D eigenvalue weighted by atomic mass is 32.2. The largest absolute Gasteiger partial charge is 0.497 e. The minimum absolute atomic E-state index is 0.123. The van der Waals surface area contributed by atoms with E-state index in [-0.39, 0.29) is 10.7 Å². The molecular formula is C17H15F3N2OS. The first-order chi connectivity index (χ1) is 11.3. The number of methoxy groups -OCH3 is 1. The van der Waals surface area contributed by atoms with Crippen molar-refractivity contribution in [2.24, 2.45) is 0 Å². The van der Waals surface area contributed by atoms with Gasteiger partial charge in [-0.1, -0.05) is 12.1 Å². The zero-order valence-corrected chi connectivity index (χ0v) is 14.0. The summed E-state index contributed by atoms with van der Waals surface area (Å²) in [5.41, 5.74) is -0.0592. The monoisotopic (exact) mass is 352 g/mol. The summed E-state index contributed by atoms with van der Waals surface area (Å²) >= 11 is 1.16. The maximum absolute atomic E-state index is 13.1. The van der Waals surface area contributed by atoms with Crippen molar-refractivity contribution in [3.05, 3.63) is 52.7 Å². The van der Waals surface area contributed by atoms with Gasteiger partial charge in [0.15, 0.2) is 0 Å². The third-order valence-electron chi connectivity index (χ3n) is 3.32. The first-order valence-corrected chi connectivity index (χ1v) is 8.08. The molecule has 0 aliphatic carbocycles. The molecule has 0 atom stereocenters. The number of nitrogens with zero attached hydrogens (tertiary/aromatic N) is 2. The van der Waals surface area contributed by atoms with Gasteiger partial charge in [-0.05, 0) is 37.1 Å². The SMILES string of the molecule is COc1ccc(CCSc2nc(C)cc(C(F)(F)F)c2C#N)cc1. The molecule has 0 spiro atoms. The number of nitriles is 1. The molecule has 0 saturated carbocycles. The van der Waals surface area contributed by atoms with Crippen LogP contribution in [0.1, 0.15) is 22.4 Å². The third-order valence-corrected chi connectivity index (χ3v) is 4.30. The second-order valence-electron chi connectivity index (χ2n) is 5.05. The van der Waals surface area contributed by atoms with Crippen molar-refractivity contribution in [3.8, 4) is 11.8 Å². The molecule has 0 radical (unpaired) electrons. The highest BCUT2D eigenvalue weighted by molar-refractivity contribution is 7.99. The Hall–Kier alpha value is -2.20. The minimum Gasteiger partial charge on any atom is -0.497 e. The number of hydrogen-bond acceptors (Lipinski definition) is 4. The quantitative estimate of drug-likeness (QED) is 0.737.